The van der Waals surface area contributed by atoms with Gasteiger partial charge in [0, 0.05) is 38.8 Å². The largest absolute Gasteiger partial charge is 0.304 e. The van der Waals surface area contributed by atoms with E-state index in [1.165, 1.54) is 34.9 Å². The molecule has 1 saturated heterocycles. The Morgan fingerprint density at radius 2 is 1.80 bits per heavy atom. The highest BCUT2D eigenvalue weighted by Gasteiger charge is 2.29. The first-order chi connectivity index (χ1) is 14.3. The molecule has 0 radical (unpaired) electrons. The number of benzene rings is 1. The number of rotatable bonds is 4. The molecule has 4 rings (SSSR count). The molecule has 0 N–H and O–H groups in total. The Balaban J connectivity index is 1.65. The number of nitrogens with zero attached hydrogens (tertiary/aromatic N) is 5. The Hall–Kier alpha value is -1.26. The van der Waals surface area contributed by atoms with E-state index in [1.807, 2.05) is 20.2 Å². The predicted octanol–water partition coefficient (Wildman–Crippen LogP) is 2.97. The van der Waals surface area contributed by atoms with Crippen LogP contribution in [0.25, 0.3) is 10.6 Å². The zero-order valence-corrected chi connectivity index (χ0v) is 19.8. The molecule has 1 aromatic carbocycles. The molecule has 1 saturated carbocycles. The summed E-state index contributed by atoms with van der Waals surface area (Å²) in [6.45, 7) is 2.36. The maximum Gasteiger partial charge on any atom is 0.244 e. The summed E-state index contributed by atoms with van der Waals surface area (Å²) in [4.78, 5) is 8.04. The van der Waals surface area contributed by atoms with Crippen molar-refractivity contribution >= 4 is 33.0 Å². The van der Waals surface area contributed by atoms with Crippen LogP contribution in [-0.2, 0) is 17.1 Å². The molecule has 2 aliphatic rings. The fraction of sp³-hybridized carbons (Fsp3) is 0.600. The number of aromatic nitrogens is 2. The smallest absolute Gasteiger partial charge is 0.244 e. The van der Waals surface area contributed by atoms with Crippen molar-refractivity contribution in [3.05, 3.63) is 28.0 Å². The number of sulfonamides is 1. The number of aryl methyl sites for hydroxylation is 1. The predicted molar refractivity (Wildman–Crippen MR) is 120 cm³/mol. The van der Waals surface area contributed by atoms with Gasteiger partial charge < -0.3 is 4.90 Å². The van der Waals surface area contributed by atoms with Crippen LogP contribution >= 0.6 is 22.9 Å². The van der Waals surface area contributed by atoms with Gasteiger partial charge >= 0.3 is 0 Å². The third kappa shape index (κ3) is 4.65. The molecule has 0 atom stereocenters. The van der Waals surface area contributed by atoms with E-state index in [1.54, 1.807) is 16.8 Å². The monoisotopic (exact) mass is 469 g/mol. The molecule has 2 heterocycles. The first-order valence-electron chi connectivity index (χ1n) is 10.4. The van der Waals surface area contributed by atoms with Gasteiger partial charge in [0.1, 0.15) is 9.90 Å². The van der Waals surface area contributed by atoms with Crippen molar-refractivity contribution in [2.75, 3.05) is 33.2 Å². The highest BCUT2D eigenvalue weighted by atomic mass is 35.5. The molecule has 30 heavy (non-hydrogen) atoms. The fourth-order valence-corrected chi connectivity index (χ4v) is 6.82. The molecule has 0 spiro atoms. The molecule has 1 aromatic heterocycles. The van der Waals surface area contributed by atoms with Gasteiger partial charge in [0.25, 0.3) is 0 Å². The van der Waals surface area contributed by atoms with Crippen LogP contribution in [0.2, 0.25) is 5.02 Å². The highest BCUT2D eigenvalue weighted by Crippen LogP contribution is 2.31. The van der Waals surface area contributed by atoms with Crippen molar-refractivity contribution in [1.82, 2.24) is 19.0 Å². The van der Waals surface area contributed by atoms with Gasteiger partial charge in [0.05, 0.1) is 11.1 Å². The van der Waals surface area contributed by atoms with Gasteiger partial charge in [0.2, 0.25) is 14.8 Å². The average Bonchev–Trinajstić information content (AvgIpc) is 3.09. The second-order valence-electron chi connectivity index (χ2n) is 8.09. The topological polar surface area (TPSA) is 70.8 Å². The maximum atomic E-state index is 13.2. The second-order valence-corrected chi connectivity index (χ2v) is 11.4. The van der Waals surface area contributed by atoms with Crippen LogP contribution in [0.5, 0.6) is 0 Å². The van der Waals surface area contributed by atoms with Crippen LogP contribution in [0, 0.1) is 0 Å². The molecule has 10 heteroatoms. The van der Waals surface area contributed by atoms with Gasteiger partial charge in [-0.3, -0.25) is 4.99 Å². The Morgan fingerprint density at radius 1 is 1.10 bits per heavy atom. The standard InChI is InChI=1S/C20H28ClN5O2S2/c1-24-10-12-26(13-11-24)30(27,28)18-14-15(8-9-17(18)21)19-23-25(2)20(29-19)22-16-6-4-3-5-7-16/h8-9,14,16H,3-7,10-13H2,1-2H3. The van der Waals surface area contributed by atoms with Crippen LogP contribution in [0.3, 0.4) is 0 Å². The van der Waals surface area contributed by atoms with Gasteiger partial charge in [-0.2, -0.15) is 9.40 Å². The lowest BCUT2D eigenvalue weighted by molar-refractivity contribution is 0.222. The van der Waals surface area contributed by atoms with Gasteiger partial charge in [-0.15, -0.1) is 0 Å². The van der Waals surface area contributed by atoms with Crippen LogP contribution in [-0.4, -0.2) is 66.7 Å². The Kier molecular flexibility index (Phi) is 6.64. The highest BCUT2D eigenvalue weighted by molar-refractivity contribution is 7.89. The number of hydrogen-bond acceptors (Lipinski definition) is 6. The summed E-state index contributed by atoms with van der Waals surface area (Å²) in [6, 6.07) is 5.49. The van der Waals surface area contributed by atoms with Crippen molar-refractivity contribution in [3.8, 4) is 10.6 Å². The van der Waals surface area contributed by atoms with Gasteiger partial charge in [0.15, 0.2) is 0 Å². The third-order valence-corrected chi connectivity index (χ3v) is 9.27. The fourth-order valence-electron chi connectivity index (χ4n) is 3.95. The lowest BCUT2D eigenvalue weighted by Gasteiger charge is -2.31. The molecular weight excluding hydrogens is 442 g/mol. The lowest BCUT2D eigenvalue weighted by Crippen LogP contribution is -2.47. The molecule has 7 nitrogen and oxygen atoms in total. The van der Waals surface area contributed by atoms with Crippen LogP contribution in [0.15, 0.2) is 28.1 Å². The van der Waals surface area contributed by atoms with Gasteiger partial charge in [-0.1, -0.05) is 48.3 Å². The summed E-state index contributed by atoms with van der Waals surface area (Å²) in [5, 5.41) is 5.59. The first-order valence-corrected chi connectivity index (χ1v) is 13.0. The zero-order chi connectivity index (χ0) is 21.3. The minimum atomic E-state index is -3.65. The summed E-state index contributed by atoms with van der Waals surface area (Å²) < 4.78 is 29.7. The summed E-state index contributed by atoms with van der Waals surface area (Å²) in [7, 11) is 0.233. The second kappa shape index (κ2) is 9.08. The van der Waals surface area contributed by atoms with E-state index < -0.39 is 10.0 Å². The van der Waals surface area contributed by atoms with Crippen molar-refractivity contribution in [2.24, 2.45) is 12.0 Å². The van der Waals surface area contributed by atoms with Crippen molar-refractivity contribution in [2.45, 2.75) is 43.0 Å². The normalized spacial score (nSPS) is 20.7. The van der Waals surface area contributed by atoms with Gasteiger partial charge in [-0.05, 0) is 32.0 Å². The number of likely N-dealkylation sites (N-methyl/N-ethyl adjacent to an activating group) is 1. The SMILES string of the molecule is CN1CCN(S(=O)(=O)c2cc(-c3nn(C)c(=NC4CCCCC4)s3)ccc2Cl)CC1. The van der Waals surface area contributed by atoms with E-state index in [2.05, 4.69) is 10.00 Å². The molecule has 2 fully saturated rings. The Morgan fingerprint density at radius 3 is 2.50 bits per heavy atom. The number of piperazine rings is 1. The van der Waals surface area contributed by atoms with Gasteiger partial charge in [-0.25, -0.2) is 13.1 Å². The minimum Gasteiger partial charge on any atom is -0.304 e. The molecule has 1 aliphatic heterocycles. The van der Waals surface area contributed by atoms with E-state index in [0.29, 0.717) is 32.2 Å². The van der Waals surface area contributed by atoms with Crippen molar-refractivity contribution in [3.63, 3.8) is 0 Å². The average molecular weight is 470 g/mol. The molecule has 0 unspecified atom stereocenters. The summed E-state index contributed by atoms with van der Waals surface area (Å²) in [5.74, 6) is 0. The number of halogens is 1. The molecule has 0 amide bonds. The van der Waals surface area contributed by atoms with Crippen LogP contribution in [0.4, 0.5) is 0 Å². The van der Waals surface area contributed by atoms with Crippen molar-refractivity contribution in [1.29, 1.82) is 0 Å². The Bertz CT molecular complexity index is 1070. The third-order valence-electron chi connectivity index (χ3n) is 5.83. The molecular formula is C20H28ClN5O2S2. The van der Waals surface area contributed by atoms with E-state index in [-0.39, 0.29) is 9.92 Å². The van der Waals surface area contributed by atoms with Crippen LogP contribution in [0.1, 0.15) is 32.1 Å². The molecule has 1 aliphatic carbocycles. The quantitative estimate of drug-likeness (QED) is 0.690. The lowest BCUT2D eigenvalue weighted by atomic mass is 9.96. The van der Waals surface area contributed by atoms with E-state index in [9.17, 15) is 8.42 Å². The minimum absolute atomic E-state index is 0.148. The maximum absolute atomic E-state index is 13.2. The van der Waals surface area contributed by atoms with E-state index in [4.69, 9.17) is 16.6 Å². The van der Waals surface area contributed by atoms with Crippen LogP contribution < -0.4 is 4.80 Å². The molecule has 2 aromatic rings. The Labute approximate surface area is 187 Å². The van der Waals surface area contributed by atoms with Crippen molar-refractivity contribution < 1.29 is 8.42 Å². The zero-order valence-electron chi connectivity index (χ0n) is 17.4. The summed E-state index contributed by atoms with van der Waals surface area (Å²) in [5.41, 5.74) is 0.748. The molecule has 0 bridgehead atoms. The van der Waals surface area contributed by atoms with E-state index >= 15 is 0 Å². The summed E-state index contributed by atoms with van der Waals surface area (Å²) in [6.07, 6.45) is 6.01. The molecule has 164 valence electrons. The first kappa shape index (κ1) is 22.0. The number of hydrogen-bond donors (Lipinski definition) is 0. The van der Waals surface area contributed by atoms with E-state index in [0.717, 1.165) is 28.2 Å². The summed E-state index contributed by atoms with van der Waals surface area (Å²) >= 11 is 7.82.